The van der Waals surface area contributed by atoms with Crippen LogP contribution >= 0.6 is 15.9 Å². The molecule has 2 unspecified atom stereocenters. The molecule has 21 heavy (non-hydrogen) atoms. The molecule has 1 heterocycles. The number of benzene rings is 1. The van der Waals surface area contributed by atoms with Gasteiger partial charge in [0.1, 0.15) is 5.82 Å². The molecule has 0 radical (unpaired) electrons. The highest BCUT2D eigenvalue weighted by molar-refractivity contribution is 9.10. The minimum Gasteiger partial charge on any atom is -0.375 e. The molecule has 1 aliphatic heterocycles. The monoisotopic (exact) mass is 355 g/mol. The fourth-order valence-corrected chi connectivity index (χ4v) is 4.49. The molecule has 2 fully saturated rings. The van der Waals surface area contributed by atoms with E-state index in [0.717, 1.165) is 29.5 Å². The van der Waals surface area contributed by atoms with E-state index in [-0.39, 0.29) is 17.5 Å². The first-order chi connectivity index (χ1) is 10.1. The van der Waals surface area contributed by atoms with E-state index in [9.17, 15) is 4.39 Å². The Kier molecular flexibility index (Phi) is 4.67. The molecular formula is C17H23BrFNO. The van der Waals surface area contributed by atoms with Gasteiger partial charge in [0.2, 0.25) is 0 Å². The Labute approximate surface area is 134 Å². The van der Waals surface area contributed by atoms with E-state index < -0.39 is 0 Å². The predicted octanol–water partition coefficient (Wildman–Crippen LogP) is 4.59. The van der Waals surface area contributed by atoms with Crippen LogP contribution in [0.15, 0.2) is 22.7 Å². The maximum absolute atomic E-state index is 14.2. The number of hydrogen-bond donors (Lipinski definition) is 1. The third kappa shape index (κ3) is 3.17. The lowest BCUT2D eigenvalue weighted by molar-refractivity contribution is -0.0980. The van der Waals surface area contributed by atoms with Gasteiger partial charge in [0.05, 0.1) is 5.60 Å². The smallest absolute Gasteiger partial charge is 0.128 e. The highest BCUT2D eigenvalue weighted by atomic mass is 79.9. The normalized spacial score (nSPS) is 26.1. The molecule has 2 atom stereocenters. The number of nitrogens with one attached hydrogen (secondary N) is 1. The molecule has 2 aliphatic rings. The van der Waals surface area contributed by atoms with E-state index in [0.29, 0.717) is 5.92 Å². The van der Waals surface area contributed by atoms with Crippen molar-refractivity contribution in [3.8, 4) is 0 Å². The molecule has 2 nitrogen and oxygen atoms in total. The van der Waals surface area contributed by atoms with Crippen molar-refractivity contribution in [2.24, 2.45) is 5.92 Å². The number of ether oxygens (including phenoxy) is 1. The van der Waals surface area contributed by atoms with Crippen LogP contribution in [0.25, 0.3) is 0 Å². The SMILES string of the molecule is CNC(c1cc(Br)ccc1F)C1CCOC2(CCCC2)C1. The van der Waals surface area contributed by atoms with Crippen molar-refractivity contribution < 1.29 is 9.13 Å². The van der Waals surface area contributed by atoms with E-state index in [1.807, 2.05) is 13.1 Å². The van der Waals surface area contributed by atoms with Crippen LogP contribution in [0.4, 0.5) is 4.39 Å². The largest absolute Gasteiger partial charge is 0.375 e. The Hall–Kier alpha value is -0.450. The molecule has 1 saturated carbocycles. The van der Waals surface area contributed by atoms with Crippen LogP contribution in [0.3, 0.4) is 0 Å². The van der Waals surface area contributed by atoms with Crippen molar-refractivity contribution >= 4 is 15.9 Å². The van der Waals surface area contributed by atoms with Gasteiger partial charge >= 0.3 is 0 Å². The fraction of sp³-hybridized carbons (Fsp3) is 0.647. The summed E-state index contributed by atoms with van der Waals surface area (Å²) in [5, 5.41) is 3.35. The maximum Gasteiger partial charge on any atom is 0.128 e. The van der Waals surface area contributed by atoms with Crippen molar-refractivity contribution in [2.75, 3.05) is 13.7 Å². The van der Waals surface area contributed by atoms with Crippen molar-refractivity contribution in [3.63, 3.8) is 0 Å². The van der Waals surface area contributed by atoms with Crippen LogP contribution in [-0.2, 0) is 4.74 Å². The summed E-state index contributed by atoms with van der Waals surface area (Å²) in [6.07, 6.45) is 6.91. The molecule has 0 bridgehead atoms. The molecule has 1 N–H and O–H groups in total. The van der Waals surface area contributed by atoms with Gasteiger partial charge in [-0.15, -0.1) is 0 Å². The van der Waals surface area contributed by atoms with Gasteiger partial charge in [0, 0.05) is 22.7 Å². The lowest BCUT2D eigenvalue weighted by Crippen LogP contribution is -2.41. The third-order valence-electron chi connectivity index (χ3n) is 5.12. The summed E-state index contributed by atoms with van der Waals surface area (Å²) in [4.78, 5) is 0. The van der Waals surface area contributed by atoms with Gasteiger partial charge < -0.3 is 10.1 Å². The lowest BCUT2D eigenvalue weighted by atomic mass is 9.78. The standard InChI is InChI=1S/C17H23BrFNO/c1-20-16(14-10-13(18)4-5-15(14)19)12-6-9-21-17(11-12)7-2-3-8-17/h4-5,10,12,16,20H,2-3,6-9,11H2,1H3. The highest BCUT2D eigenvalue weighted by Gasteiger charge is 2.42. The van der Waals surface area contributed by atoms with E-state index in [1.54, 1.807) is 12.1 Å². The number of halogens is 2. The van der Waals surface area contributed by atoms with Crippen LogP contribution in [0, 0.1) is 11.7 Å². The Morgan fingerprint density at radius 3 is 2.86 bits per heavy atom. The average molecular weight is 356 g/mol. The molecule has 1 spiro atoms. The average Bonchev–Trinajstić information content (AvgIpc) is 2.91. The van der Waals surface area contributed by atoms with Gasteiger partial charge in [-0.2, -0.15) is 0 Å². The molecular weight excluding hydrogens is 333 g/mol. The Bertz CT molecular complexity index is 502. The molecule has 1 aliphatic carbocycles. The summed E-state index contributed by atoms with van der Waals surface area (Å²) in [6.45, 7) is 0.804. The number of rotatable bonds is 3. The maximum atomic E-state index is 14.2. The third-order valence-corrected chi connectivity index (χ3v) is 5.61. The quantitative estimate of drug-likeness (QED) is 0.856. The topological polar surface area (TPSA) is 21.3 Å². The fourth-order valence-electron chi connectivity index (χ4n) is 4.12. The molecule has 1 aromatic rings. The van der Waals surface area contributed by atoms with Crippen LogP contribution in [0.5, 0.6) is 0 Å². The molecule has 1 aromatic carbocycles. The Morgan fingerprint density at radius 1 is 1.38 bits per heavy atom. The van der Waals surface area contributed by atoms with Crippen LogP contribution in [0.1, 0.15) is 50.1 Å². The number of hydrogen-bond acceptors (Lipinski definition) is 2. The van der Waals surface area contributed by atoms with Gasteiger partial charge in [0.25, 0.3) is 0 Å². The highest BCUT2D eigenvalue weighted by Crippen LogP contribution is 2.45. The van der Waals surface area contributed by atoms with Crippen LogP contribution in [0.2, 0.25) is 0 Å². The van der Waals surface area contributed by atoms with Crippen molar-refractivity contribution in [2.45, 2.75) is 50.2 Å². The van der Waals surface area contributed by atoms with Gasteiger partial charge in [-0.1, -0.05) is 28.8 Å². The summed E-state index contributed by atoms with van der Waals surface area (Å²) >= 11 is 3.46. The van der Waals surface area contributed by atoms with Gasteiger partial charge in [-0.25, -0.2) is 4.39 Å². The second kappa shape index (κ2) is 6.35. The Balaban J connectivity index is 1.84. The molecule has 116 valence electrons. The van der Waals surface area contributed by atoms with E-state index >= 15 is 0 Å². The Morgan fingerprint density at radius 2 is 2.14 bits per heavy atom. The van der Waals surface area contributed by atoms with E-state index in [1.165, 1.54) is 25.7 Å². The van der Waals surface area contributed by atoms with Gasteiger partial charge in [-0.3, -0.25) is 0 Å². The van der Waals surface area contributed by atoms with Crippen molar-refractivity contribution in [3.05, 3.63) is 34.1 Å². The molecule has 0 aromatic heterocycles. The van der Waals surface area contributed by atoms with Crippen LogP contribution < -0.4 is 5.32 Å². The molecule has 3 rings (SSSR count). The zero-order chi connectivity index (χ0) is 14.9. The predicted molar refractivity (Wildman–Crippen MR) is 85.8 cm³/mol. The van der Waals surface area contributed by atoms with E-state index in [4.69, 9.17) is 4.74 Å². The van der Waals surface area contributed by atoms with Crippen molar-refractivity contribution in [1.82, 2.24) is 5.32 Å². The lowest BCUT2D eigenvalue weighted by Gasteiger charge is -2.41. The first-order valence-electron chi connectivity index (χ1n) is 7.90. The summed E-state index contributed by atoms with van der Waals surface area (Å²) in [7, 11) is 1.93. The summed E-state index contributed by atoms with van der Waals surface area (Å²) in [5.74, 6) is 0.315. The summed E-state index contributed by atoms with van der Waals surface area (Å²) in [6, 6.07) is 5.28. The second-order valence-corrected chi connectivity index (χ2v) is 7.34. The van der Waals surface area contributed by atoms with Crippen LogP contribution in [-0.4, -0.2) is 19.3 Å². The van der Waals surface area contributed by atoms with Crippen molar-refractivity contribution in [1.29, 1.82) is 0 Å². The first-order valence-corrected chi connectivity index (χ1v) is 8.69. The molecule has 1 saturated heterocycles. The van der Waals surface area contributed by atoms with Gasteiger partial charge in [0.15, 0.2) is 0 Å². The molecule has 0 amide bonds. The minimum absolute atomic E-state index is 0.0591. The molecule has 4 heteroatoms. The minimum atomic E-state index is -0.121. The van der Waals surface area contributed by atoms with E-state index in [2.05, 4.69) is 21.2 Å². The zero-order valence-corrected chi connectivity index (χ0v) is 14.1. The second-order valence-electron chi connectivity index (χ2n) is 6.42. The van der Waals surface area contributed by atoms with Gasteiger partial charge in [-0.05, 0) is 56.8 Å². The summed E-state index contributed by atoms with van der Waals surface area (Å²) < 4.78 is 21.3. The summed E-state index contributed by atoms with van der Waals surface area (Å²) in [5.41, 5.74) is 0.840. The zero-order valence-electron chi connectivity index (χ0n) is 12.5. The first kappa shape index (κ1) is 15.4.